The molecule has 7 nitrogen and oxygen atoms in total. The summed E-state index contributed by atoms with van der Waals surface area (Å²) in [4.78, 5) is 54.3. The first-order chi connectivity index (χ1) is 20.9. The topological polar surface area (TPSA) is 95.0 Å². The SMILES string of the molecule is Cc1ccc(N2C(=O)[C@H]3[C@H](CC=C4[C@H]3C[C@@]3(Cl)C(=O)N(c5ccc(F)cc5)C(=O)[C@@]3(Cl)[C@H]4c3cccc(O)c3)C2=O)cc1Cl. The molecular formula is C33H24Cl3FN2O5. The summed E-state index contributed by atoms with van der Waals surface area (Å²) in [6, 6.07) is 15.9. The van der Waals surface area contributed by atoms with E-state index in [9.17, 15) is 28.7 Å². The Balaban J connectivity index is 1.39. The first-order valence-corrected chi connectivity index (χ1v) is 15.2. The van der Waals surface area contributed by atoms with Gasteiger partial charge in [0.15, 0.2) is 9.75 Å². The van der Waals surface area contributed by atoms with E-state index in [4.69, 9.17) is 34.8 Å². The van der Waals surface area contributed by atoms with Gasteiger partial charge in [0.2, 0.25) is 11.8 Å². The fourth-order valence-corrected chi connectivity index (χ4v) is 8.56. The van der Waals surface area contributed by atoms with E-state index in [-0.39, 0.29) is 24.3 Å². The van der Waals surface area contributed by atoms with Gasteiger partial charge < -0.3 is 5.11 Å². The van der Waals surface area contributed by atoms with Crippen LogP contribution in [0.3, 0.4) is 0 Å². The van der Waals surface area contributed by atoms with Crippen molar-refractivity contribution in [2.45, 2.75) is 35.4 Å². The Hall–Kier alpha value is -3.72. The number of nitrogens with zero attached hydrogens (tertiary/aromatic N) is 2. The standard InChI is InChI=1S/C33H24Cl3FN2O5/c1-16-5-8-20(14-25(16)34)38-28(41)23-12-11-22-24(26(23)29(38)42)15-32(35)30(43)39(19-9-6-18(37)7-10-19)31(44)33(32,36)27(22)17-3-2-4-21(40)13-17/h2-11,13-14,23-24,26-27,40H,12,15H2,1H3/t23-,24+,26-,27-,32+,33-/m0/s1. The van der Waals surface area contributed by atoms with Gasteiger partial charge in [0.25, 0.3) is 11.8 Å². The number of halogens is 4. The number of hydrogen-bond acceptors (Lipinski definition) is 5. The summed E-state index contributed by atoms with van der Waals surface area (Å²) in [5, 5.41) is 10.8. The predicted molar refractivity (Wildman–Crippen MR) is 163 cm³/mol. The molecule has 3 fully saturated rings. The van der Waals surface area contributed by atoms with Gasteiger partial charge in [0, 0.05) is 10.9 Å². The number of aromatic hydroxyl groups is 1. The third-order valence-corrected chi connectivity index (χ3v) is 11.3. The molecule has 3 aromatic rings. The highest BCUT2D eigenvalue weighted by Crippen LogP contribution is 2.66. The summed E-state index contributed by atoms with van der Waals surface area (Å²) in [6.45, 7) is 1.81. The predicted octanol–water partition coefficient (Wildman–Crippen LogP) is 6.26. The molecule has 2 saturated heterocycles. The minimum absolute atomic E-state index is 0.0925. The van der Waals surface area contributed by atoms with E-state index in [1.54, 1.807) is 30.3 Å². The number of phenols is 1. The minimum Gasteiger partial charge on any atom is -0.508 e. The molecule has 11 heteroatoms. The number of anilines is 2. The Morgan fingerprint density at radius 3 is 2.25 bits per heavy atom. The quantitative estimate of drug-likeness (QED) is 0.205. The molecule has 0 radical (unpaired) electrons. The van der Waals surface area contributed by atoms with Crippen LogP contribution < -0.4 is 9.80 Å². The van der Waals surface area contributed by atoms with Crippen LogP contribution >= 0.6 is 34.8 Å². The second kappa shape index (κ2) is 9.89. The van der Waals surface area contributed by atoms with E-state index in [1.807, 2.05) is 13.0 Å². The van der Waals surface area contributed by atoms with Crippen molar-refractivity contribution < 1.29 is 28.7 Å². The molecule has 2 heterocycles. The number of allylic oxidation sites excluding steroid dienone is 2. The molecule has 2 aliphatic heterocycles. The van der Waals surface area contributed by atoms with Gasteiger partial charge in [0.1, 0.15) is 11.6 Å². The number of fused-ring (bicyclic) bond motifs is 4. The Morgan fingerprint density at radius 2 is 1.57 bits per heavy atom. The van der Waals surface area contributed by atoms with Crippen molar-refractivity contribution in [3.63, 3.8) is 0 Å². The molecule has 0 aromatic heterocycles. The molecular weight excluding hydrogens is 630 g/mol. The molecule has 1 saturated carbocycles. The summed E-state index contributed by atoms with van der Waals surface area (Å²) in [7, 11) is 0. The lowest BCUT2D eigenvalue weighted by atomic mass is 9.56. The highest BCUT2D eigenvalue weighted by atomic mass is 35.5. The second-order valence-corrected chi connectivity index (χ2v) is 13.4. The number of imide groups is 2. The fourth-order valence-electron chi connectivity index (χ4n) is 7.45. The van der Waals surface area contributed by atoms with Crippen molar-refractivity contribution in [2.24, 2.45) is 17.8 Å². The number of hydrogen-bond donors (Lipinski definition) is 1. The highest BCUT2D eigenvalue weighted by Gasteiger charge is 2.76. The normalized spacial score (nSPS) is 31.2. The maximum absolute atomic E-state index is 14.3. The molecule has 7 rings (SSSR count). The summed E-state index contributed by atoms with van der Waals surface area (Å²) >= 11 is 21.0. The average molecular weight is 654 g/mol. The lowest BCUT2D eigenvalue weighted by Crippen LogP contribution is -2.60. The highest BCUT2D eigenvalue weighted by molar-refractivity contribution is 6.58. The van der Waals surface area contributed by atoms with E-state index >= 15 is 0 Å². The van der Waals surface area contributed by atoms with Crippen LogP contribution in [-0.2, 0) is 19.2 Å². The van der Waals surface area contributed by atoms with E-state index < -0.39 is 62.9 Å². The molecule has 0 spiro atoms. The van der Waals surface area contributed by atoms with Gasteiger partial charge in [0.05, 0.1) is 23.2 Å². The van der Waals surface area contributed by atoms with Crippen LogP contribution in [0.1, 0.15) is 29.9 Å². The van der Waals surface area contributed by atoms with Crippen molar-refractivity contribution in [3.8, 4) is 5.75 Å². The van der Waals surface area contributed by atoms with Gasteiger partial charge in [-0.15, -0.1) is 23.2 Å². The molecule has 6 atom stereocenters. The van der Waals surface area contributed by atoms with Crippen molar-refractivity contribution in [1.82, 2.24) is 0 Å². The third kappa shape index (κ3) is 3.80. The third-order valence-electron chi connectivity index (χ3n) is 9.51. The van der Waals surface area contributed by atoms with Crippen molar-refractivity contribution in [1.29, 1.82) is 0 Å². The van der Waals surface area contributed by atoms with Crippen LogP contribution in [0.2, 0.25) is 5.02 Å². The molecule has 4 aliphatic rings. The Bertz CT molecular complexity index is 1830. The van der Waals surface area contributed by atoms with E-state index in [0.29, 0.717) is 21.8 Å². The fraction of sp³-hybridized carbons (Fsp3) is 0.273. The van der Waals surface area contributed by atoms with E-state index in [1.165, 1.54) is 24.3 Å². The molecule has 0 unspecified atom stereocenters. The molecule has 4 amide bonds. The van der Waals surface area contributed by atoms with Crippen LogP contribution in [0.5, 0.6) is 5.75 Å². The smallest absolute Gasteiger partial charge is 0.258 e. The summed E-state index contributed by atoms with van der Waals surface area (Å²) in [5.41, 5.74) is 2.23. The number of phenolic OH excluding ortho intramolecular Hbond substituents is 1. The second-order valence-electron chi connectivity index (χ2n) is 11.8. The summed E-state index contributed by atoms with van der Waals surface area (Å²) < 4.78 is 13.8. The largest absolute Gasteiger partial charge is 0.508 e. The molecule has 3 aromatic carbocycles. The lowest BCUT2D eigenvalue weighted by Gasteiger charge is -2.50. The molecule has 2 aliphatic carbocycles. The van der Waals surface area contributed by atoms with Crippen molar-refractivity contribution in [3.05, 3.63) is 100 Å². The van der Waals surface area contributed by atoms with E-state index in [0.717, 1.165) is 27.5 Å². The zero-order valence-corrected chi connectivity index (χ0v) is 25.4. The van der Waals surface area contributed by atoms with Gasteiger partial charge in [-0.3, -0.25) is 19.2 Å². The number of carbonyl (C=O) groups excluding carboxylic acids is 4. The van der Waals surface area contributed by atoms with Gasteiger partial charge in [-0.25, -0.2) is 14.2 Å². The number of aryl methyl sites for hydroxylation is 1. The van der Waals surface area contributed by atoms with Crippen molar-refractivity contribution >= 4 is 69.8 Å². The first-order valence-electron chi connectivity index (χ1n) is 14.0. The number of amides is 4. The van der Waals surface area contributed by atoms with E-state index in [2.05, 4.69) is 0 Å². The average Bonchev–Trinajstić information content (AvgIpc) is 3.33. The molecule has 224 valence electrons. The zero-order valence-electron chi connectivity index (χ0n) is 23.1. The Morgan fingerprint density at radius 1 is 0.864 bits per heavy atom. The summed E-state index contributed by atoms with van der Waals surface area (Å²) in [5.74, 6) is -6.51. The number of alkyl halides is 2. The number of benzene rings is 3. The van der Waals surface area contributed by atoms with Crippen LogP contribution in [-0.4, -0.2) is 38.5 Å². The maximum Gasteiger partial charge on any atom is 0.258 e. The minimum atomic E-state index is -2.07. The number of carbonyl (C=O) groups is 4. The molecule has 1 N–H and O–H groups in total. The molecule has 44 heavy (non-hydrogen) atoms. The van der Waals surface area contributed by atoms with Gasteiger partial charge >= 0.3 is 0 Å². The van der Waals surface area contributed by atoms with Gasteiger partial charge in [-0.2, -0.15) is 0 Å². The van der Waals surface area contributed by atoms with Crippen molar-refractivity contribution in [2.75, 3.05) is 9.80 Å². The monoisotopic (exact) mass is 652 g/mol. The van der Waals surface area contributed by atoms with Crippen LogP contribution in [0.15, 0.2) is 78.4 Å². The van der Waals surface area contributed by atoms with Crippen LogP contribution in [0, 0.1) is 30.5 Å². The Labute approximate surface area is 266 Å². The van der Waals surface area contributed by atoms with Gasteiger partial charge in [-0.1, -0.05) is 41.4 Å². The van der Waals surface area contributed by atoms with Crippen LogP contribution in [0.4, 0.5) is 15.8 Å². The number of rotatable bonds is 3. The zero-order chi connectivity index (χ0) is 31.3. The molecule has 0 bridgehead atoms. The van der Waals surface area contributed by atoms with Crippen LogP contribution in [0.25, 0.3) is 0 Å². The lowest BCUT2D eigenvalue weighted by molar-refractivity contribution is -0.125. The summed E-state index contributed by atoms with van der Waals surface area (Å²) in [6.07, 6.45) is 1.80. The first kappa shape index (κ1) is 29.0. The Kier molecular flexibility index (Phi) is 6.52. The van der Waals surface area contributed by atoms with Gasteiger partial charge in [-0.05, 0) is 85.3 Å². The maximum atomic E-state index is 14.3.